The second-order valence-corrected chi connectivity index (χ2v) is 5.89. The van der Waals surface area contributed by atoms with Crippen molar-refractivity contribution in [3.63, 3.8) is 0 Å². The zero-order valence-corrected chi connectivity index (χ0v) is 12.0. The van der Waals surface area contributed by atoms with Crippen molar-refractivity contribution >= 4 is 33.2 Å². The number of nitrogens with two attached hydrogens (primary N) is 1. The van der Waals surface area contributed by atoms with E-state index in [-0.39, 0.29) is 18.1 Å². The van der Waals surface area contributed by atoms with E-state index in [0.29, 0.717) is 19.7 Å². The number of hydrogen-bond acceptors (Lipinski definition) is 4. The number of amides is 1. The van der Waals surface area contributed by atoms with Gasteiger partial charge in [0.05, 0.1) is 12.7 Å². The largest absolute Gasteiger partial charge is 0.373 e. The predicted octanol–water partition coefficient (Wildman–Crippen LogP) is 1.70. The van der Waals surface area contributed by atoms with Gasteiger partial charge in [0.25, 0.3) is 5.91 Å². The molecule has 1 aromatic heterocycles. The van der Waals surface area contributed by atoms with E-state index in [0.717, 1.165) is 9.35 Å². The molecular weight excluding hydrogens is 304 g/mol. The van der Waals surface area contributed by atoms with E-state index in [1.165, 1.54) is 11.3 Å². The van der Waals surface area contributed by atoms with Crippen LogP contribution in [0.25, 0.3) is 0 Å². The Labute approximate surface area is 113 Å². The molecular formula is C11H15BrN2O2S. The first kappa shape index (κ1) is 13.0. The molecule has 2 heterocycles. The molecule has 0 unspecified atom stereocenters. The lowest BCUT2D eigenvalue weighted by Crippen LogP contribution is -2.51. The van der Waals surface area contributed by atoms with Gasteiger partial charge in [-0.25, -0.2) is 0 Å². The molecule has 1 aliphatic rings. The number of hydrogen-bond donors (Lipinski definition) is 1. The molecule has 2 N–H and O–H groups in total. The predicted molar refractivity (Wildman–Crippen MR) is 71.3 cm³/mol. The Hall–Kier alpha value is -0.430. The molecule has 1 saturated heterocycles. The zero-order chi connectivity index (χ0) is 12.4. The third-order valence-corrected chi connectivity index (χ3v) is 4.60. The second kappa shape index (κ2) is 5.48. The zero-order valence-electron chi connectivity index (χ0n) is 9.56. The highest BCUT2D eigenvalue weighted by Gasteiger charge is 2.28. The number of ether oxygens (including phenoxy) is 1. The van der Waals surface area contributed by atoms with Gasteiger partial charge in [-0.15, -0.1) is 11.3 Å². The standard InChI is InChI=1S/C11H15BrN2O2S/c1-7(13)9-6-14(3-4-16-9)11(15)10-8(12)2-5-17-10/h2,5,7,9H,3-4,6,13H2,1H3/t7-,9+/m0/s1. The van der Waals surface area contributed by atoms with Crippen molar-refractivity contribution in [3.05, 3.63) is 20.8 Å². The van der Waals surface area contributed by atoms with Crippen LogP contribution in [0.3, 0.4) is 0 Å². The van der Waals surface area contributed by atoms with E-state index in [1.807, 2.05) is 23.3 Å². The van der Waals surface area contributed by atoms with Gasteiger partial charge in [0.1, 0.15) is 4.88 Å². The third-order valence-electron chi connectivity index (χ3n) is 2.78. The number of thiophene rings is 1. The molecule has 6 heteroatoms. The fourth-order valence-corrected chi connectivity index (χ4v) is 3.28. The highest BCUT2D eigenvalue weighted by molar-refractivity contribution is 9.10. The third kappa shape index (κ3) is 2.88. The molecule has 0 spiro atoms. The molecule has 4 nitrogen and oxygen atoms in total. The molecule has 1 amide bonds. The summed E-state index contributed by atoms with van der Waals surface area (Å²) in [5.41, 5.74) is 5.81. The Morgan fingerprint density at radius 1 is 1.76 bits per heavy atom. The minimum absolute atomic E-state index is 0.0563. The number of rotatable bonds is 2. The molecule has 0 bridgehead atoms. The number of morpholine rings is 1. The molecule has 94 valence electrons. The van der Waals surface area contributed by atoms with Crippen molar-refractivity contribution < 1.29 is 9.53 Å². The number of carbonyl (C=O) groups is 1. The van der Waals surface area contributed by atoms with Gasteiger partial charge < -0.3 is 15.4 Å². The van der Waals surface area contributed by atoms with Crippen LogP contribution in [0.2, 0.25) is 0 Å². The van der Waals surface area contributed by atoms with Crippen LogP contribution in [0.1, 0.15) is 16.6 Å². The van der Waals surface area contributed by atoms with Crippen LogP contribution < -0.4 is 5.73 Å². The Morgan fingerprint density at radius 3 is 3.12 bits per heavy atom. The monoisotopic (exact) mass is 318 g/mol. The van der Waals surface area contributed by atoms with E-state index in [2.05, 4.69) is 15.9 Å². The van der Waals surface area contributed by atoms with Gasteiger partial charge in [0.15, 0.2) is 0 Å². The molecule has 0 aromatic carbocycles. The van der Waals surface area contributed by atoms with Crippen LogP contribution in [0.5, 0.6) is 0 Å². The Kier molecular flexibility index (Phi) is 4.19. The number of halogens is 1. The lowest BCUT2D eigenvalue weighted by molar-refractivity contribution is -0.0298. The summed E-state index contributed by atoms with van der Waals surface area (Å²) in [6.45, 7) is 3.66. The van der Waals surface area contributed by atoms with Crippen LogP contribution in [0.15, 0.2) is 15.9 Å². The van der Waals surface area contributed by atoms with E-state index < -0.39 is 0 Å². The van der Waals surface area contributed by atoms with Crippen molar-refractivity contribution in [2.24, 2.45) is 5.73 Å². The molecule has 1 aromatic rings. The van der Waals surface area contributed by atoms with E-state index in [4.69, 9.17) is 10.5 Å². The summed E-state index contributed by atoms with van der Waals surface area (Å²) in [5.74, 6) is 0.0563. The number of carbonyl (C=O) groups excluding carboxylic acids is 1. The topological polar surface area (TPSA) is 55.6 Å². The number of nitrogens with zero attached hydrogens (tertiary/aromatic N) is 1. The van der Waals surface area contributed by atoms with Crippen molar-refractivity contribution in [2.75, 3.05) is 19.7 Å². The minimum Gasteiger partial charge on any atom is -0.373 e. The van der Waals surface area contributed by atoms with Crippen molar-refractivity contribution in [1.82, 2.24) is 4.90 Å². The summed E-state index contributed by atoms with van der Waals surface area (Å²) in [6.07, 6.45) is -0.0635. The highest BCUT2D eigenvalue weighted by Crippen LogP contribution is 2.25. The Balaban J connectivity index is 2.07. The van der Waals surface area contributed by atoms with Crippen LogP contribution in [-0.2, 0) is 4.74 Å². The SMILES string of the molecule is C[C@H](N)[C@H]1CN(C(=O)c2sccc2Br)CCO1. The molecule has 0 aliphatic carbocycles. The average molecular weight is 319 g/mol. The van der Waals surface area contributed by atoms with Gasteiger partial charge >= 0.3 is 0 Å². The first-order chi connectivity index (χ1) is 8.09. The normalized spacial score (nSPS) is 22.5. The molecule has 1 aliphatic heterocycles. The quantitative estimate of drug-likeness (QED) is 0.903. The van der Waals surface area contributed by atoms with E-state index in [9.17, 15) is 4.79 Å². The van der Waals surface area contributed by atoms with Crippen molar-refractivity contribution in [2.45, 2.75) is 19.1 Å². The van der Waals surface area contributed by atoms with Crippen LogP contribution in [-0.4, -0.2) is 42.6 Å². The summed E-state index contributed by atoms with van der Waals surface area (Å²) in [4.78, 5) is 14.8. The van der Waals surface area contributed by atoms with Crippen LogP contribution in [0.4, 0.5) is 0 Å². The molecule has 2 atom stereocenters. The fourth-order valence-electron chi connectivity index (χ4n) is 1.77. The lowest BCUT2D eigenvalue weighted by atomic mass is 10.1. The molecule has 2 rings (SSSR count). The van der Waals surface area contributed by atoms with Gasteiger partial charge in [-0.05, 0) is 34.3 Å². The van der Waals surface area contributed by atoms with Gasteiger partial charge in [0.2, 0.25) is 0 Å². The van der Waals surface area contributed by atoms with Crippen molar-refractivity contribution in [3.8, 4) is 0 Å². The van der Waals surface area contributed by atoms with E-state index >= 15 is 0 Å². The summed E-state index contributed by atoms with van der Waals surface area (Å²) < 4.78 is 6.40. The van der Waals surface area contributed by atoms with Gasteiger partial charge in [0, 0.05) is 23.6 Å². The molecule has 1 fully saturated rings. The van der Waals surface area contributed by atoms with Gasteiger partial charge in [-0.2, -0.15) is 0 Å². The summed E-state index contributed by atoms with van der Waals surface area (Å²) >= 11 is 4.84. The second-order valence-electron chi connectivity index (χ2n) is 4.12. The first-order valence-corrected chi connectivity index (χ1v) is 7.16. The van der Waals surface area contributed by atoms with Gasteiger partial charge in [-0.1, -0.05) is 0 Å². The summed E-state index contributed by atoms with van der Waals surface area (Å²) in [5, 5.41) is 1.90. The fraction of sp³-hybridized carbons (Fsp3) is 0.545. The minimum atomic E-state index is -0.0635. The smallest absolute Gasteiger partial charge is 0.265 e. The summed E-state index contributed by atoms with van der Waals surface area (Å²) in [7, 11) is 0. The Bertz CT molecular complexity index is 408. The summed E-state index contributed by atoms with van der Waals surface area (Å²) in [6, 6.07) is 1.83. The highest BCUT2D eigenvalue weighted by atomic mass is 79.9. The molecule has 17 heavy (non-hydrogen) atoms. The van der Waals surface area contributed by atoms with E-state index in [1.54, 1.807) is 0 Å². The maximum Gasteiger partial charge on any atom is 0.265 e. The van der Waals surface area contributed by atoms with Crippen LogP contribution in [0, 0.1) is 0 Å². The van der Waals surface area contributed by atoms with Crippen LogP contribution >= 0.6 is 27.3 Å². The Morgan fingerprint density at radius 2 is 2.53 bits per heavy atom. The average Bonchev–Trinajstić information content (AvgIpc) is 2.74. The molecule has 0 radical (unpaired) electrons. The maximum atomic E-state index is 12.3. The molecule has 0 saturated carbocycles. The maximum absolute atomic E-state index is 12.3. The first-order valence-electron chi connectivity index (χ1n) is 5.49. The van der Waals surface area contributed by atoms with Gasteiger partial charge in [-0.3, -0.25) is 4.79 Å². The lowest BCUT2D eigenvalue weighted by Gasteiger charge is -2.34. The van der Waals surface area contributed by atoms with Crippen molar-refractivity contribution in [1.29, 1.82) is 0 Å².